The highest BCUT2D eigenvalue weighted by molar-refractivity contribution is 7.93. The second kappa shape index (κ2) is 3.50. The molecule has 0 fully saturated rings. The van der Waals surface area contributed by atoms with Gasteiger partial charge in [-0.3, -0.25) is 0 Å². The minimum absolute atomic E-state index is 0.400. The molecule has 0 saturated heterocycles. The van der Waals surface area contributed by atoms with Crippen molar-refractivity contribution < 1.29 is 4.18 Å². The standard InChI is InChI=1S/C10H12OS/c1-12-11-10-6-8-4-2-3-5-9(8)7-10/h2-5,10H,6-7H2,1H3. The molecule has 2 heteroatoms. The average Bonchev–Trinajstić information content (AvgIpc) is 2.47. The molecule has 0 saturated carbocycles. The van der Waals surface area contributed by atoms with Crippen molar-refractivity contribution in [3.05, 3.63) is 35.4 Å². The van der Waals surface area contributed by atoms with Gasteiger partial charge < -0.3 is 4.18 Å². The molecule has 0 atom stereocenters. The molecule has 0 bridgehead atoms. The van der Waals surface area contributed by atoms with Gasteiger partial charge in [0.05, 0.1) is 6.10 Å². The lowest BCUT2D eigenvalue weighted by Gasteiger charge is -2.05. The summed E-state index contributed by atoms with van der Waals surface area (Å²) in [6, 6.07) is 8.58. The molecule has 0 amide bonds. The van der Waals surface area contributed by atoms with Crippen LogP contribution in [0.15, 0.2) is 24.3 Å². The molecule has 12 heavy (non-hydrogen) atoms. The predicted octanol–water partition coefficient (Wildman–Crippen LogP) is 2.45. The third-order valence-electron chi connectivity index (χ3n) is 2.25. The van der Waals surface area contributed by atoms with E-state index in [4.69, 9.17) is 4.18 Å². The Labute approximate surface area is 77.3 Å². The lowest BCUT2D eigenvalue weighted by atomic mass is 10.1. The summed E-state index contributed by atoms with van der Waals surface area (Å²) in [5.41, 5.74) is 2.91. The topological polar surface area (TPSA) is 9.23 Å². The third-order valence-corrected chi connectivity index (χ3v) is 2.71. The summed E-state index contributed by atoms with van der Waals surface area (Å²) < 4.78 is 5.50. The lowest BCUT2D eigenvalue weighted by molar-refractivity contribution is 0.257. The van der Waals surface area contributed by atoms with Crippen LogP contribution >= 0.6 is 12.0 Å². The van der Waals surface area contributed by atoms with Gasteiger partial charge in [-0.15, -0.1) is 0 Å². The fourth-order valence-electron chi connectivity index (χ4n) is 1.72. The molecule has 0 N–H and O–H groups in total. The molecule has 1 aromatic rings. The van der Waals surface area contributed by atoms with Crippen LogP contribution in [0.3, 0.4) is 0 Å². The molecular formula is C10H12OS. The normalized spacial score (nSPS) is 16.4. The van der Waals surface area contributed by atoms with Gasteiger partial charge in [0.1, 0.15) is 0 Å². The zero-order valence-corrected chi connectivity index (χ0v) is 7.93. The number of rotatable bonds is 2. The Bertz CT molecular complexity index is 247. The number of fused-ring (bicyclic) bond motifs is 1. The van der Waals surface area contributed by atoms with Crippen molar-refractivity contribution in [2.45, 2.75) is 18.9 Å². The van der Waals surface area contributed by atoms with Crippen molar-refractivity contribution in [1.29, 1.82) is 0 Å². The van der Waals surface area contributed by atoms with Gasteiger partial charge in [0, 0.05) is 19.1 Å². The quantitative estimate of drug-likeness (QED) is 0.646. The first-order valence-corrected chi connectivity index (χ1v) is 5.31. The van der Waals surface area contributed by atoms with E-state index in [2.05, 4.69) is 24.3 Å². The first-order valence-electron chi connectivity index (χ1n) is 4.16. The van der Waals surface area contributed by atoms with Crippen LogP contribution in [0, 0.1) is 0 Å². The highest BCUT2D eigenvalue weighted by Gasteiger charge is 2.20. The van der Waals surface area contributed by atoms with Crippen LogP contribution in [-0.2, 0) is 17.0 Å². The van der Waals surface area contributed by atoms with Crippen molar-refractivity contribution in [1.82, 2.24) is 0 Å². The van der Waals surface area contributed by atoms with Crippen LogP contribution in [0.5, 0.6) is 0 Å². The van der Waals surface area contributed by atoms with Crippen LogP contribution in [0.4, 0.5) is 0 Å². The van der Waals surface area contributed by atoms with Gasteiger partial charge in [0.15, 0.2) is 0 Å². The Hall–Kier alpha value is -0.470. The average molecular weight is 180 g/mol. The van der Waals surface area contributed by atoms with Gasteiger partial charge >= 0.3 is 0 Å². The first kappa shape index (κ1) is 8.14. The molecule has 0 spiro atoms. The molecule has 2 rings (SSSR count). The van der Waals surface area contributed by atoms with Crippen LogP contribution in [0.1, 0.15) is 11.1 Å². The van der Waals surface area contributed by atoms with Crippen molar-refractivity contribution in [2.24, 2.45) is 0 Å². The maximum Gasteiger partial charge on any atom is 0.0802 e. The van der Waals surface area contributed by atoms with Gasteiger partial charge in [-0.2, -0.15) is 0 Å². The van der Waals surface area contributed by atoms with Crippen molar-refractivity contribution in [2.75, 3.05) is 6.26 Å². The fourth-order valence-corrected chi connectivity index (χ4v) is 2.13. The molecule has 1 aliphatic rings. The van der Waals surface area contributed by atoms with E-state index in [1.54, 1.807) is 0 Å². The Morgan fingerprint density at radius 2 is 1.83 bits per heavy atom. The molecule has 0 radical (unpaired) electrons. The first-order chi connectivity index (χ1) is 5.90. The Balaban J connectivity index is 2.11. The SMILES string of the molecule is CSOC1Cc2ccccc2C1. The number of hydrogen-bond acceptors (Lipinski definition) is 2. The summed E-state index contributed by atoms with van der Waals surface area (Å²) >= 11 is 1.47. The van der Waals surface area contributed by atoms with Crippen LogP contribution in [0.25, 0.3) is 0 Å². The molecule has 0 aromatic heterocycles. The Kier molecular flexibility index (Phi) is 2.38. The van der Waals surface area contributed by atoms with Gasteiger partial charge in [-0.05, 0) is 23.2 Å². The minimum atomic E-state index is 0.400. The Morgan fingerprint density at radius 1 is 1.25 bits per heavy atom. The number of benzene rings is 1. The minimum Gasteiger partial charge on any atom is -0.312 e. The molecule has 0 aliphatic heterocycles. The van der Waals surface area contributed by atoms with E-state index in [0.29, 0.717) is 6.10 Å². The monoisotopic (exact) mass is 180 g/mol. The van der Waals surface area contributed by atoms with E-state index in [-0.39, 0.29) is 0 Å². The molecular weight excluding hydrogens is 168 g/mol. The second-order valence-corrected chi connectivity index (χ2v) is 3.59. The summed E-state index contributed by atoms with van der Waals surface area (Å²) in [7, 11) is 0. The van der Waals surface area contributed by atoms with Gasteiger partial charge in [0.25, 0.3) is 0 Å². The Morgan fingerprint density at radius 3 is 2.33 bits per heavy atom. The van der Waals surface area contributed by atoms with E-state index in [1.807, 2.05) is 6.26 Å². The van der Waals surface area contributed by atoms with Crippen LogP contribution in [0.2, 0.25) is 0 Å². The van der Waals surface area contributed by atoms with Gasteiger partial charge in [-0.1, -0.05) is 24.3 Å². The fraction of sp³-hybridized carbons (Fsp3) is 0.400. The van der Waals surface area contributed by atoms with Crippen molar-refractivity contribution in [3.8, 4) is 0 Å². The van der Waals surface area contributed by atoms with E-state index in [1.165, 1.54) is 23.2 Å². The van der Waals surface area contributed by atoms with Gasteiger partial charge in [0.2, 0.25) is 0 Å². The van der Waals surface area contributed by atoms with E-state index in [0.717, 1.165) is 12.8 Å². The zero-order chi connectivity index (χ0) is 8.39. The molecule has 0 heterocycles. The summed E-state index contributed by atoms with van der Waals surface area (Å²) in [4.78, 5) is 0. The molecule has 0 unspecified atom stereocenters. The summed E-state index contributed by atoms with van der Waals surface area (Å²) in [5, 5.41) is 0. The molecule has 1 nitrogen and oxygen atoms in total. The molecule has 64 valence electrons. The molecule has 1 aromatic carbocycles. The van der Waals surface area contributed by atoms with E-state index < -0.39 is 0 Å². The lowest BCUT2D eigenvalue weighted by Crippen LogP contribution is -2.07. The largest absolute Gasteiger partial charge is 0.312 e. The smallest absolute Gasteiger partial charge is 0.0802 e. The number of hydrogen-bond donors (Lipinski definition) is 0. The van der Waals surface area contributed by atoms with Gasteiger partial charge in [-0.25, -0.2) is 0 Å². The maximum absolute atomic E-state index is 5.50. The maximum atomic E-state index is 5.50. The zero-order valence-electron chi connectivity index (χ0n) is 7.12. The van der Waals surface area contributed by atoms with Crippen LogP contribution < -0.4 is 0 Å². The van der Waals surface area contributed by atoms with Crippen LogP contribution in [-0.4, -0.2) is 12.4 Å². The molecule has 1 aliphatic carbocycles. The predicted molar refractivity (Wildman–Crippen MR) is 52.2 cm³/mol. The second-order valence-electron chi connectivity index (χ2n) is 3.06. The highest BCUT2D eigenvalue weighted by atomic mass is 32.2. The van der Waals surface area contributed by atoms with Crippen molar-refractivity contribution in [3.63, 3.8) is 0 Å². The van der Waals surface area contributed by atoms with E-state index in [9.17, 15) is 0 Å². The highest BCUT2D eigenvalue weighted by Crippen LogP contribution is 2.25. The summed E-state index contributed by atoms with van der Waals surface area (Å²) in [5.74, 6) is 0. The third kappa shape index (κ3) is 1.50. The summed E-state index contributed by atoms with van der Waals surface area (Å²) in [6.07, 6.45) is 4.54. The van der Waals surface area contributed by atoms with E-state index >= 15 is 0 Å². The van der Waals surface area contributed by atoms with Crippen molar-refractivity contribution >= 4 is 12.0 Å². The summed E-state index contributed by atoms with van der Waals surface area (Å²) in [6.45, 7) is 0.